The molecule has 2 nitrogen and oxygen atoms in total. The summed E-state index contributed by atoms with van der Waals surface area (Å²) in [4.78, 5) is 2.44. The number of hydrogen-bond donors (Lipinski definition) is 1. The topological polar surface area (TPSA) is 23.5 Å². The smallest absolute Gasteiger partial charge is 0.0919 e. The predicted molar refractivity (Wildman–Crippen MR) is 84.9 cm³/mol. The standard InChI is InChI=1S/C18H29NO/c1-5-18(6-2)9-10-19(13-18)12-17(20)16-8-7-14(3)11-15(16)4/h7-8,11,17,20H,5-6,9-10,12-13H2,1-4H3. The van der Waals surface area contributed by atoms with Crippen LogP contribution in [-0.4, -0.2) is 29.6 Å². The Bertz CT molecular complexity index is 451. The van der Waals surface area contributed by atoms with Crippen molar-refractivity contribution in [1.82, 2.24) is 4.90 Å². The van der Waals surface area contributed by atoms with Gasteiger partial charge in [0.15, 0.2) is 0 Å². The van der Waals surface area contributed by atoms with E-state index in [1.165, 1.54) is 30.4 Å². The Balaban J connectivity index is 2.00. The van der Waals surface area contributed by atoms with Gasteiger partial charge >= 0.3 is 0 Å². The molecule has 1 unspecified atom stereocenters. The van der Waals surface area contributed by atoms with E-state index < -0.39 is 0 Å². The second kappa shape index (κ2) is 6.28. The van der Waals surface area contributed by atoms with Crippen LogP contribution in [0.4, 0.5) is 0 Å². The molecule has 2 rings (SSSR count). The number of aliphatic hydroxyl groups is 1. The van der Waals surface area contributed by atoms with Gasteiger partial charge in [-0.25, -0.2) is 0 Å². The van der Waals surface area contributed by atoms with Gasteiger partial charge in [-0.3, -0.25) is 4.90 Å². The van der Waals surface area contributed by atoms with E-state index in [9.17, 15) is 5.11 Å². The van der Waals surface area contributed by atoms with E-state index in [2.05, 4.69) is 50.8 Å². The summed E-state index contributed by atoms with van der Waals surface area (Å²) in [6.45, 7) is 11.8. The molecule has 0 radical (unpaired) electrons. The Hall–Kier alpha value is -0.860. The normalized spacial score (nSPS) is 20.2. The first-order valence-electron chi connectivity index (χ1n) is 7.97. The van der Waals surface area contributed by atoms with Crippen molar-refractivity contribution in [2.45, 2.75) is 53.1 Å². The van der Waals surface area contributed by atoms with Gasteiger partial charge in [-0.15, -0.1) is 0 Å². The second-order valence-corrected chi connectivity index (χ2v) is 6.57. The van der Waals surface area contributed by atoms with Crippen molar-refractivity contribution in [2.75, 3.05) is 19.6 Å². The number of benzene rings is 1. The molecule has 20 heavy (non-hydrogen) atoms. The van der Waals surface area contributed by atoms with Gasteiger partial charge in [0.2, 0.25) is 0 Å². The number of rotatable bonds is 5. The molecule has 1 heterocycles. The van der Waals surface area contributed by atoms with E-state index in [0.717, 1.165) is 25.2 Å². The molecule has 0 aliphatic carbocycles. The lowest BCUT2D eigenvalue weighted by Gasteiger charge is -2.27. The van der Waals surface area contributed by atoms with Crippen molar-refractivity contribution in [3.05, 3.63) is 34.9 Å². The molecule has 1 N–H and O–H groups in total. The Morgan fingerprint density at radius 2 is 1.95 bits per heavy atom. The van der Waals surface area contributed by atoms with Crippen molar-refractivity contribution in [3.8, 4) is 0 Å². The summed E-state index contributed by atoms with van der Waals surface area (Å²) in [6, 6.07) is 6.33. The zero-order valence-electron chi connectivity index (χ0n) is 13.4. The quantitative estimate of drug-likeness (QED) is 0.882. The highest BCUT2D eigenvalue weighted by molar-refractivity contribution is 5.32. The third-order valence-electron chi connectivity index (χ3n) is 5.23. The average Bonchev–Trinajstić information content (AvgIpc) is 2.82. The molecule has 1 aromatic carbocycles. The van der Waals surface area contributed by atoms with E-state index in [0.29, 0.717) is 5.41 Å². The molecule has 1 atom stereocenters. The lowest BCUT2D eigenvalue weighted by atomic mass is 9.82. The largest absolute Gasteiger partial charge is 0.387 e. The molecular formula is C18H29NO. The summed E-state index contributed by atoms with van der Waals surface area (Å²) in [6.07, 6.45) is 3.42. The van der Waals surface area contributed by atoms with Crippen LogP contribution in [0.3, 0.4) is 0 Å². The fourth-order valence-corrected chi connectivity index (χ4v) is 3.55. The SMILES string of the molecule is CCC1(CC)CCN(CC(O)c2ccc(C)cc2C)C1. The molecule has 2 heteroatoms. The third kappa shape index (κ3) is 3.24. The van der Waals surface area contributed by atoms with E-state index in [1.54, 1.807) is 0 Å². The first kappa shape index (κ1) is 15.5. The van der Waals surface area contributed by atoms with E-state index in [1.807, 2.05) is 0 Å². The summed E-state index contributed by atoms with van der Waals surface area (Å²) in [5.41, 5.74) is 4.04. The van der Waals surface area contributed by atoms with Gasteiger partial charge in [0, 0.05) is 13.1 Å². The maximum absolute atomic E-state index is 10.5. The minimum atomic E-state index is -0.361. The van der Waals surface area contributed by atoms with E-state index in [4.69, 9.17) is 0 Å². The van der Waals surface area contributed by atoms with Crippen molar-refractivity contribution >= 4 is 0 Å². The monoisotopic (exact) mass is 275 g/mol. The first-order chi connectivity index (χ1) is 9.49. The van der Waals surface area contributed by atoms with E-state index >= 15 is 0 Å². The van der Waals surface area contributed by atoms with Crippen LogP contribution in [0.15, 0.2) is 18.2 Å². The Labute approximate surface area is 123 Å². The summed E-state index contributed by atoms with van der Waals surface area (Å²) in [5, 5.41) is 10.5. The molecule has 0 aromatic heterocycles. The van der Waals surface area contributed by atoms with Gasteiger partial charge in [0.05, 0.1) is 6.10 Å². The van der Waals surface area contributed by atoms with Crippen LogP contribution in [0.2, 0.25) is 0 Å². The molecule has 1 aliphatic heterocycles. The van der Waals surface area contributed by atoms with Crippen molar-refractivity contribution < 1.29 is 5.11 Å². The summed E-state index contributed by atoms with van der Waals surface area (Å²) < 4.78 is 0. The van der Waals surface area contributed by atoms with Gasteiger partial charge in [-0.05, 0) is 56.2 Å². The molecule has 0 amide bonds. The third-order valence-corrected chi connectivity index (χ3v) is 5.23. The Morgan fingerprint density at radius 1 is 1.25 bits per heavy atom. The lowest BCUT2D eigenvalue weighted by molar-refractivity contribution is 0.116. The summed E-state index contributed by atoms with van der Waals surface area (Å²) in [7, 11) is 0. The highest BCUT2D eigenvalue weighted by atomic mass is 16.3. The van der Waals surface area contributed by atoms with Gasteiger partial charge < -0.3 is 5.11 Å². The molecular weight excluding hydrogens is 246 g/mol. The van der Waals surface area contributed by atoms with Crippen molar-refractivity contribution in [1.29, 1.82) is 0 Å². The van der Waals surface area contributed by atoms with Crippen molar-refractivity contribution in [3.63, 3.8) is 0 Å². The minimum Gasteiger partial charge on any atom is -0.387 e. The number of nitrogens with zero attached hydrogens (tertiary/aromatic N) is 1. The average molecular weight is 275 g/mol. The number of hydrogen-bond acceptors (Lipinski definition) is 2. The summed E-state index contributed by atoms with van der Waals surface area (Å²) >= 11 is 0. The molecule has 1 fully saturated rings. The Kier molecular flexibility index (Phi) is 4.87. The van der Waals surface area contributed by atoms with E-state index in [-0.39, 0.29) is 6.10 Å². The fraction of sp³-hybridized carbons (Fsp3) is 0.667. The lowest BCUT2D eigenvalue weighted by Crippen LogP contribution is -2.30. The van der Waals surface area contributed by atoms with Crippen LogP contribution >= 0.6 is 0 Å². The molecule has 1 saturated heterocycles. The maximum Gasteiger partial charge on any atom is 0.0919 e. The fourth-order valence-electron chi connectivity index (χ4n) is 3.55. The maximum atomic E-state index is 10.5. The first-order valence-corrected chi connectivity index (χ1v) is 7.97. The second-order valence-electron chi connectivity index (χ2n) is 6.57. The molecule has 0 saturated carbocycles. The van der Waals surface area contributed by atoms with Gasteiger partial charge in [-0.1, -0.05) is 37.6 Å². The summed E-state index contributed by atoms with van der Waals surface area (Å²) in [5.74, 6) is 0. The van der Waals surface area contributed by atoms with Crippen LogP contribution < -0.4 is 0 Å². The van der Waals surface area contributed by atoms with Crippen LogP contribution in [0.1, 0.15) is 55.9 Å². The molecule has 1 aliphatic rings. The number of β-amino-alcohol motifs (C(OH)–C–C–N with tert-alkyl or cyclic N) is 1. The number of aryl methyl sites for hydroxylation is 2. The molecule has 0 spiro atoms. The highest BCUT2D eigenvalue weighted by Crippen LogP contribution is 2.37. The van der Waals surface area contributed by atoms with Crippen LogP contribution in [0.5, 0.6) is 0 Å². The van der Waals surface area contributed by atoms with Crippen LogP contribution in [0.25, 0.3) is 0 Å². The number of aliphatic hydroxyl groups excluding tert-OH is 1. The zero-order valence-corrected chi connectivity index (χ0v) is 13.4. The van der Waals surface area contributed by atoms with Gasteiger partial charge in [-0.2, -0.15) is 0 Å². The minimum absolute atomic E-state index is 0.361. The zero-order chi connectivity index (χ0) is 14.8. The Morgan fingerprint density at radius 3 is 2.50 bits per heavy atom. The molecule has 112 valence electrons. The van der Waals surface area contributed by atoms with Crippen LogP contribution in [-0.2, 0) is 0 Å². The highest BCUT2D eigenvalue weighted by Gasteiger charge is 2.35. The number of likely N-dealkylation sites (tertiary alicyclic amines) is 1. The molecule has 0 bridgehead atoms. The molecule has 1 aromatic rings. The van der Waals surface area contributed by atoms with Gasteiger partial charge in [0.1, 0.15) is 0 Å². The predicted octanol–water partition coefficient (Wildman–Crippen LogP) is 3.85. The van der Waals surface area contributed by atoms with Gasteiger partial charge in [0.25, 0.3) is 0 Å². The van der Waals surface area contributed by atoms with Crippen LogP contribution in [0, 0.1) is 19.3 Å². The van der Waals surface area contributed by atoms with Crippen molar-refractivity contribution in [2.24, 2.45) is 5.41 Å².